The van der Waals surface area contributed by atoms with E-state index in [1.165, 1.54) is 32.1 Å². The number of ketones is 1. The van der Waals surface area contributed by atoms with Gasteiger partial charge in [-0.25, -0.2) is 0 Å². The lowest BCUT2D eigenvalue weighted by molar-refractivity contribution is 0.101. The topological polar surface area (TPSA) is 20.3 Å². The summed E-state index contributed by atoms with van der Waals surface area (Å²) in [6.07, 6.45) is 6.62. The minimum absolute atomic E-state index is 0.0748. The zero-order valence-electron chi connectivity index (χ0n) is 11.4. The molecule has 3 heteroatoms. The Kier molecular flexibility index (Phi) is 3.53. The first-order valence-corrected chi connectivity index (χ1v) is 7.62. The summed E-state index contributed by atoms with van der Waals surface area (Å²) in [5, 5.41) is 0.722. The number of carbonyl (C=O) groups excluding carboxylic acids is 1. The molecule has 1 aromatic rings. The zero-order chi connectivity index (χ0) is 13.4. The van der Waals surface area contributed by atoms with Crippen LogP contribution in [0.15, 0.2) is 18.2 Å². The molecule has 19 heavy (non-hydrogen) atoms. The van der Waals surface area contributed by atoms with E-state index in [2.05, 4.69) is 4.90 Å². The Balaban J connectivity index is 1.90. The molecule has 2 unspecified atom stereocenters. The molecule has 0 radical (unpaired) electrons. The second-order valence-corrected chi connectivity index (χ2v) is 6.22. The van der Waals surface area contributed by atoms with Gasteiger partial charge in [-0.05, 0) is 56.7 Å². The zero-order valence-corrected chi connectivity index (χ0v) is 12.1. The standard InChI is InChI=1S/C16H20ClNO/c1-11(19)13-7-8-16(14(17)10-13)18-9-3-5-12-4-2-6-15(12)18/h7-8,10,12,15H,2-6,9H2,1H3. The highest BCUT2D eigenvalue weighted by molar-refractivity contribution is 6.33. The number of nitrogens with zero attached hydrogens (tertiary/aromatic N) is 1. The average Bonchev–Trinajstić information content (AvgIpc) is 2.86. The first-order valence-electron chi connectivity index (χ1n) is 7.24. The van der Waals surface area contributed by atoms with Crippen LogP contribution in [0.1, 0.15) is 49.4 Å². The van der Waals surface area contributed by atoms with E-state index in [-0.39, 0.29) is 5.78 Å². The van der Waals surface area contributed by atoms with Crippen LogP contribution >= 0.6 is 11.6 Å². The van der Waals surface area contributed by atoms with E-state index in [1.807, 2.05) is 18.2 Å². The number of hydrogen-bond acceptors (Lipinski definition) is 2. The van der Waals surface area contributed by atoms with Crippen molar-refractivity contribution in [2.24, 2.45) is 5.92 Å². The van der Waals surface area contributed by atoms with E-state index >= 15 is 0 Å². The number of halogens is 1. The number of benzene rings is 1. The van der Waals surface area contributed by atoms with Crippen molar-refractivity contribution < 1.29 is 4.79 Å². The molecule has 1 heterocycles. The van der Waals surface area contributed by atoms with Gasteiger partial charge in [0.05, 0.1) is 10.7 Å². The van der Waals surface area contributed by atoms with E-state index in [4.69, 9.17) is 11.6 Å². The molecule has 2 nitrogen and oxygen atoms in total. The third-order valence-corrected chi connectivity index (χ3v) is 4.96. The summed E-state index contributed by atoms with van der Waals surface area (Å²) >= 11 is 6.40. The summed E-state index contributed by atoms with van der Waals surface area (Å²) in [5.74, 6) is 0.920. The Morgan fingerprint density at radius 2 is 2.05 bits per heavy atom. The van der Waals surface area contributed by atoms with Crippen molar-refractivity contribution in [3.8, 4) is 0 Å². The van der Waals surface area contributed by atoms with Crippen molar-refractivity contribution in [1.29, 1.82) is 0 Å². The Bertz CT molecular complexity index is 500. The molecule has 102 valence electrons. The maximum atomic E-state index is 11.4. The van der Waals surface area contributed by atoms with E-state index in [1.54, 1.807) is 6.92 Å². The van der Waals surface area contributed by atoms with Gasteiger partial charge in [-0.3, -0.25) is 4.79 Å². The Hall–Kier alpha value is -1.02. The molecule has 1 aliphatic carbocycles. The van der Waals surface area contributed by atoms with Crippen LogP contribution in [0.5, 0.6) is 0 Å². The van der Waals surface area contributed by atoms with Crippen LogP contribution in [0.3, 0.4) is 0 Å². The van der Waals surface area contributed by atoms with Crippen LogP contribution in [0.2, 0.25) is 5.02 Å². The SMILES string of the molecule is CC(=O)c1ccc(N2CCCC3CCCC32)c(Cl)c1. The first-order chi connectivity index (χ1) is 9.16. The van der Waals surface area contributed by atoms with Gasteiger partial charge >= 0.3 is 0 Å². The molecule has 1 aromatic carbocycles. The smallest absolute Gasteiger partial charge is 0.159 e. The second-order valence-electron chi connectivity index (χ2n) is 5.82. The van der Waals surface area contributed by atoms with Gasteiger partial charge < -0.3 is 4.90 Å². The first kappa shape index (κ1) is 13.0. The van der Waals surface area contributed by atoms with Gasteiger partial charge in [0.25, 0.3) is 0 Å². The van der Waals surface area contributed by atoms with Crippen LogP contribution in [0.4, 0.5) is 5.69 Å². The molecule has 0 bridgehead atoms. The third-order valence-electron chi connectivity index (χ3n) is 4.66. The molecular weight excluding hydrogens is 258 g/mol. The predicted octanol–water partition coefficient (Wildman–Crippen LogP) is 4.31. The van der Waals surface area contributed by atoms with Crippen LogP contribution in [-0.2, 0) is 0 Å². The van der Waals surface area contributed by atoms with Gasteiger partial charge in [0, 0.05) is 18.2 Å². The van der Waals surface area contributed by atoms with Gasteiger partial charge in [0.15, 0.2) is 5.78 Å². The molecule has 3 rings (SSSR count). The fraction of sp³-hybridized carbons (Fsp3) is 0.562. The highest BCUT2D eigenvalue weighted by Crippen LogP contribution is 2.41. The van der Waals surface area contributed by atoms with E-state index in [0.717, 1.165) is 23.2 Å². The molecule has 2 atom stereocenters. The number of fused-ring (bicyclic) bond motifs is 1. The summed E-state index contributed by atoms with van der Waals surface area (Å²) in [6, 6.07) is 6.41. The molecule has 0 amide bonds. The highest BCUT2D eigenvalue weighted by Gasteiger charge is 2.35. The summed E-state index contributed by atoms with van der Waals surface area (Å²) in [7, 11) is 0. The largest absolute Gasteiger partial charge is 0.367 e. The maximum absolute atomic E-state index is 11.4. The summed E-state index contributed by atoms with van der Waals surface area (Å²) in [6.45, 7) is 2.68. The molecule has 0 spiro atoms. The molecule has 2 aliphatic rings. The number of rotatable bonds is 2. The van der Waals surface area contributed by atoms with Gasteiger partial charge in [-0.15, -0.1) is 0 Å². The Morgan fingerprint density at radius 1 is 1.26 bits per heavy atom. The third kappa shape index (κ3) is 2.38. The van der Waals surface area contributed by atoms with E-state index in [0.29, 0.717) is 11.6 Å². The normalized spacial score (nSPS) is 26.3. The van der Waals surface area contributed by atoms with Crippen molar-refractivity contribution in [3.05, 3.63) is 28.8 Å². The minimum atomic E-state index is 0.0748. The fourth-order valence-corrected chi connectivity index (χ4v) is 4.00. The van der Waals surface area contributed by atoms with Crippen molar-refractivity contribution in [2.45, 2.75) is 45.1 Å². The van der Waals surface area contributed by atoms with Gasteiger partial charge in [-0.2, -0.15) is 0 Å². The lowest BCUT2D eigenvalue weighted by Crippen LogP contribution is -2.42. The van der Waals surface area contributed by atoms with Crippen molar-refractivity contribution >= 4 is 23.1 Å². The minimum Gasteiger partial charge on any atom is -0.367 e. The van der Waals surface area contributed by atoms with Crippen LogP contribution in [0, 0.1) is 5.92 Å². The van der Waals surface area contributed by atoms with Crippen LogP contribution < -0.4 is 4.90 Å². The summed E-state index contributed by atoms with van der Waals surface area (Å²) in [4.78, 5) is 13.9. The molecule has 1 saturated heterocycles. The van der Waals surface area contributed by atoms with E-state index in [9.17, 15) is 4.79 Å². The summed E-state index contributed by atoms with van der Waals surface area (Å²) < 4.78 is 0. The maximum Gasteiger partial charge on any atom is 0.159 e. The Morgan fingerprint density at radius 3 is 2.79 bits per heavy atom. The predicted molar refractivity (Wildman–Crippen MR) is 79.2 cm³/mol. The average molecular weight is 278 g/mol. The van der Waals surface area contributed by atoms with Gasteiger partial charge in [-0.1, -0.05) is 18.0 Å². The molecular formula is C16H20ClNO. The lowest BCUT2D eigenvalue weighted by Gasteiger charge is -2.40. The van der Waals surface area contributed by atoms with Gasteiger partial charge in [0.2, 0.25) is 0 Å². The number of anilines is 1. The lowest BCUT2D eigenvalue weighted by atomic mass is 9.91. The monoisotopic (exact) mass is 277 g/mol. The van der Waals surface area contributed by atoms with Crippen LogP contribution in [-0.4, -0.2) is 18.4 Å². The van der Waals surface area contributed by atoms with Crippen molar-refractivity contribution in [2.75, 3.05) is 11.4 Å². The van der Waals surface area contributed by atoms with E-state index < -0.39 is 0 Å². The molecule has 0 aromatic heterocycles. The number of Topliss-reactive ketones (excluding diaryl/α,β-unsaturated/α-hetero) is 1. The molecule has 2 fully saturated rings. The molecule has 1 aliphatic heterocycles. The number of hydrogen-bond donors (Lipinski definition) is 0. The van der Waals surface area contributed by atoms with Crippen molar-refractivity contribution in [3.63, 3.8) is 0 Å². The summed E-state index contributed by atoms with van der Waals surface area (Å²) in [5.41, 5.74) is 1.82. The van der Waals surface area contributed by atoms with Crippen molar-refractivity contribution in [1.82, 2.24) is 0 Å². The molecule has 1 saturated carbocycles. The fourth-order valence-electron chi connectivity index (χ4n) is 3.71. The van der Waals surface area contributed by atoms with Crippen LogP contribution in [0.25, 0.3) is 0 Å². The van der Waals surface area contributed by atoms with Gasteiger partial charge in [0.1, 0.15) is 0 Å². The highest BCUT2D eigenvalue weighted by atomic mass is 35.5. The molecule has 0 N–H and O–H groups in total. The number of carbonyl (C=O) groups is 1. The number of piperidine rings is 1. The Labute approximate surface area is 119 Å². The second kappa shape index (κ2) is 5.16. The quantitative estimate of drug-likeness (QED) is 0.751.